The number of benzene rings is 2. The average molecular weight is 389 g/mol. The lowest BCUT2D eigenvalue weighted by molar-refractivity contribution is -0.116. The maximum Gasteiger partial charge on any atom is 0.226 e. The Morgan fingerprint density at radius 1 is 1.15 bits per heavy atom. The fourth-order valence-electron chi connectivity index (χ4n) is 2.42. The predicted octanol–water partition coefficient (Wildman–Crippen LogP) is 4.82. The molecule has 0 saturated heterocycles. The lowest BCUT2D eigenvalue weighted by Gasteiger charge is -2.04. The zero-order valence-corrected chi connectivity index (χ0v) is 16.3. The summed E-state index contributed by atoms with van der Waals surface area (Å²) in [5.41, 5.74) is 0.783. The summed E-state index contributed by atoms with van der Waals surface area (Å²) in [5.74, 6) is 2.43. The van der Waals surface area contributed by atoms with Gasteiger partial charge in [-0.25, -0.2) is 4.98 Å². The molecule has 0 aliphatic heterocycles. The van der Waals surface area contributed by atoms with Crippen molar-refractivity contribution >= 4 is 44.4 Å². The number of thioether (sulfide) groups is 1. The molecular weight excluding hydrogens is 368 g/mol. The maximum atomic E-state index is 12.1. The number of anilines is 1. The fourth-order valence-corrected chi connectivity index (χ4v) is 4.17. The lowest BCUT2D eigenvalue weighted by atomic mass is 10.3. The number of nitrogens with zero attached hydrogens (tertiary/aromatic N) is 1. The van der Waals surface area contributed by atoms with Crippen LogP contribution in [-0.4, -0.2) is 30.9 Å². The highest BCUT2D eigenvalue weighted by Crippen LogP contribution is 2.32. The molecule has 5 nitrogen and oxygen atoms in total. The van der Waals surface area contributed by atoms with Crippen molar-refractivity contribution in [3.63, 3.8) is 0 Å². The Kier molecular flexibility index (Phi) is 6.35. The molecule has 1 N–H and O–H groups in total. The van der Waals surface area contributed by atoms with Gasteiger partial charge in [-0.15, -0.1) is 11.8 Å². The zero-order valence-electron chi connectivity index (χ0n) is 14.7. The minimum atomic E-state index is -0.0154. The van der Waals surface area contributed by atoms with Crippen LogP contribution in [0.2, 0.25) is 0 Å². The molecule has 7 heteroatoms. The molecule has 0 fully saturated rings. The smallest absolute Gasteiger partial charge is 0.226 e. The average Bonchev–Trinajstić information content (AvgIpc) is 3.08. The number of rotatable bonds is 8. The Morgan fingerprint density at radius 3 is 2.69 bits per heavy atom. The van der Waals surface area contributed by atoms with E-state index < -0.39 is 0 Å². The number of thiazole rings is 1. The number of carbonyl (C=O) groups excluding carboxylic acids is 1. The van der Waals surface area contributed by atoms with Crippen LogP contribution in [0, 0.1) is 0 Å². The first-order valence-corrected chi connectivity index (χ1v) is 10.00. The second kappa shape index (κ2) is 8.91. The number of nitrogens with one attached hydrogen (secondary N) is 1. The summed E-state index contributed by atoms with van der Waals surface area (Å²) < 4.78 is 11.4. The van der Waals surface area contributed by atoms with Crippen LogP contribution in [0.5, 0.6) is 11.5 Å². The molecule has 0 aliphatic rings. The molecule has 0 atom stereocenters. The quantitative estimate of drug-likeness (QED) is 0.443. The van der Waals surface area contributed by atoms with E-state index >= 15 is 0 Å². The molecule has 3 aromatic rings. The number of methoxy groups -OCH3 is 2. The zero-order chi connectivity index (χ0) is 18.4. The number of carbonyl (C=O) groups is 1. The van der Waals surface area contributed by atoms with E-state index in [-0.39, 0.29) is 5.91 Å². The van der Waals surface area contributed by atoms with Crippen molar-refractivity contribution in [2.24, 2.45) is 0 Å². The largest absolute Gasteiger partial charge is 0.497 e. The summed E-state index contributed by atoms with van der Waals surface area (Å²) in [4.78, 5) is 17.8. The van der Waals surface area contributed by atoms with E-state index in [1.807, 2.05) is 42.5 Å². The number of ether oxygens (including phenoxy) is 2. The Bertz CT molecular complexity index is 878. The van der Waals surface area contributed by atoms with Crippen LogP contribution >= 0.6 is 23.1 Å². The van der Waals surface area contributed by atoms with Crippen LogP contribution in [-0.2, 0) is 4.79 Å². The third-order valence-electron chi connectivity index (χ3n) is 3.72. The summed E-state index contributed by atoms with van der Waals surface area (Å²) in [6.45, 7) is 0. The van der Waals surface area contributed by atoms with E-state index in [1.54, 1.807) is 26.0 Å². The van der Waals surface area contributed by atoms with E-state index in [9.17, 15) is 4.79 Å². The van der Waals surface area contributed by atoms with Crippen LogP contribution in [0.1, 0.15) is 12.8 Å². The monoisotopic (exact) mass is 388 g/mol. The summed E-state index contributed by atoms with van der Waals surface area (Å²) in [7, 11) is 3.27. The number of hydrogen-bond acceptors (Lipinski definition) is 6. The van der Waals surface area contributed by atoms with E-state index in [0.29, 0.717) is 11.6 Å². The molecule has 2 aromatic carbocycles. The SMILES string of the molecule is COc1ccc(SCCCC(=O)Nc2nc3c(OC)cccc3s2)cc1. The summed E-state index contributed by atoms with van der Waals surface area (Å²) in [5, 5.41) is 3.49. The van der Waals surface area contributed by atoms with Gasteiger partial charge in [0, 0.05) is 11.3 Å². The molecule has 0 bridgehead atoms. The van der Waals surface area contributed by atoms with Crippen molar-refractivity contribution < 1.29 is 14.3 Å². The van der Waals surface area contributed by atoms with Gasteiger partial charge in [-0.05, 0) is 48.6 Å². The van der Waals surface area contributed by atoms with E-state index in [0.717, 1.165) is 33.9 Å². The first-order valence-electron chi connectivity index (χ1n) is 8.20. The fraction of sp³-hybridized carbons (Fsp3) is 0.263. The third kappa shape index (κ3) is 4.68. The molecular formula is C19H20N2O3S2. The van der Waals surface area contributed by atoms with Gasteiger partial charge in [-0.1, -0.05) is 17.4 Å². The van der Waals surface area contributed by atoms with Gasteiger partial charge in [-0.3, -0.25) is 4.79 Å². The molecule has 0 aliphatic carbocycles. The normalized spacial score (nSPS) is 10.7. The molecule has 1 amide bonds. The lowest BCUT2D eigenvalue weighted by Crippen LogP contribution is -2.11. The number of hydrogen-bond donors (Lipinski definition) is 1. The van der Waals surface area contributed by atoms with Crippen LogP contribution < -0.4 is 14.8 Å². The predicted molar refractivity (Wildman–Crippen MR) is 108 cm³/mol. The van der Waals surface area contributed by atoms with Gasteiger partial charge in [0.05, 0.1) is 18.9 Å². The minimum absolute atomic E-state index is 0.0154. The van der Waals surface area contributed by atoms with Crippen molar-refractivity contribution in [3.05, 3.63) is 42.5 Å². The number of para-hydroxylation sites is 1. The van der Waals surface area contributed by atoms with Gasteiger partial charge >= 0.3 is 0 Å². The highest BCUT2D eigenvalue weighted by atomic mass is 32.2. The van der Waals surface area contributed by atoms with E-state index in [1.165, 1.54) is 16.2 Å². The Balaban J connectivity index is 1.46. The van der Waals surface area contributed by atoms with Crippen molar-refractivity contribution in [2.75, 3.05) is 25.3 Å². The molecule has 136 valence electrons. The van der Waals surface area contributed by atoms with Crippen LogP contribution in [0.4, 0.5) is 5.13 Å². The standard InChI is InChI=1S/C19H20N2O3S2/c1-23-13-8-10-14(11-9-13)25-12-4-7-17(22)20-19-21-18-15(24-2)5-3-6-16(18)26-19/h3,5-6,8-11H,4,7,12H2,1-2H3,(H,20,21,22). The molecule has 0 radical (unpaired) electrons. The highest BCUT2D eigenvalue weighted by molar-refractivity contribution is 7.99. The highest BCUT2D eigenvalue weighted by Gasteiger charge is 2.10. The van der Waals surface area contributed by atoms with Crippen molar-refractivity contribution in [1.82, 2.24) is 4.98 Å². The molecule has 1 aromatic heterocycles. The topological polar surface area (TPSA) is 60.5 Å². The number of amides is 1. The van der Waals surface area contributed by atoms with Crippen LogP contribution in [0.25, 0.3) is 10.2 Å². The Hall–Kier alpha value is -2.25. The second-order valence-corrected chi connectivity index (χ2v) is 7.70. The number of fused-ring (bicyclic) bond motifs is 1. The van der Waals surface area contributed by atoms with Gasteiger partial charge in [0.1, 0.15) is 17.0 Å². The molecule has 1 heterocycles. The first-order chi connectivity index (χ1) is 12.7. The van der Waals surface area contributed by atoms with Crippen molar-refractivity contribution in [1.29, 1.82) is 0 Å². The summed E-state index contributed by atoms with van der Waals surface area (Å²) in [6, 6.07) is 13.7. The van der Waals surface area contributed by atoms with Crippen molar-refractivity contribution in [2.45, 2.75) is 17.7 Å². The molecule has 0 spiro atoms. The Morgan fingerprint density at radius 2 is 1.96 bits per heavy atom. The van der Waals surface area contributed by atoms with Gasteiger partial charge in [0.25, 0.3) is 0 Å². The first kappa shape index (κ1) is 18.5. The van der Waals surface area contributed by atoms with Gasteiger partial charge in [-0.2, -0.15) is 0 Å². The minimum Gasteiger partial charge on any atom is -0.497 e. The molecule has 3 rings (SSSR count). The van der Waals surface area contributed by atoms with Gasteiger partial charge in [0.2, 0.25) is 5.91 Å². The van der Waals surface area contributed by atoms with Gasteiger partial charge < -0.3 is 14.8 Å². The maximum absolute atomic E-state index is 12.1. The Labute approximate surface area is 160 Å². The molecule has 0 saturated carbocycles. The van der Waals surface area contributed by atoms with Crippen LogP contribution in [0.15, 0.2) is 47.4 Å². The summed E-state index contributed by atoms with van der Waals surface area (Å²) >= 11 is 3.19. The number of aromatic nitrogens is 1. The summed E-state index contributed by atoms with van der Waals surface area (Å²) in [6.07, 6.45) is 1.27. The molecule has 0 unspecified atom stereocenters. The van der Waals surface area contributed by atoms with Gasteiger partial charge in [0.15, 0.2) is 5.13 Å². The second-order valence-electron chi connectivity index (χ2n) is 5.50. The van der Waals surface area contributed by atoms with Crippen molar-refractivity contribution in [3.8, 4) is 11.5 Å². The van der Waals surface area contributed by atoms with E-state index in [4.69, 9.17) is 9.47 Å². The van der Waals surface area contributed by atoms with Crippen LogP contribution in [0.3, 0.4) is 0 Å². The molecule has 26 heavy (non-hydrogen) atoms. The van der Waals surface area contributed by atoms with E-state index in [2.05, 4.69) is 10.3 Å². The third-order valence-corrected chi connectivity index (χ3v) is 5.76.